The molecule has 0 radical (unpaired) electrons. The number of carbonyl (C=O) groups is 2. The predicted molar refractivity (Wildman–Crippen MR) is 324 cm³/mol. The van der Waals surface area contributed by atoms with E-state index >= 15 is 0 Å². The number of aliphatic hydroxyl groups excluding tert-OH is 2. The lowest BCUT2D eigenvalue weighted by Crippen LogP contribution is -2.45. The number of ether oxygens (including phenoxy) is 1. The fourth-order valence-corrected chi connectivity index (χ4v) is 11.2. The Hall–Kier alpha value is -1.14. The fraction of sp³-hybridized carbons (Fsp3) is 0.971. The monoisotopic (exact) mass is 1050 g/mol. The Labute approximate surface area is 464 Å². The highest BCUT2D eigenvalue weighted by Crippen LogP contribution is 2.19. The maximum absolute atomic E-state index is 12.5. The van der Waals surface area contributed by atoms with E-state index in [0.29, 0.717) is 25.9 Å². The molecule has 6 heteroatoms. The number of carbonyl (C=O) groups excluding carboxylic acids is 2. The minimum Gasteiger partial charge on any atom is -0.466 e. The Balaban J connectivity index is 3.38. The molecule has 0 bridgehead atoms. The van der Waals surface area contributed by atoms with E-state index in [4.69, 9.17) is 4.74 Å². The van der Waals surface area contributed by atoms with Crippen LogP contribution in [0.4, 0.5) is 0 Å². The fourth-order valence-electron chi connectivity index (χ4n) is 11.2. The van der Waals surface area contributed by atoms with Crippen LogP contribution in [0, 0.1) is 0 Å². The molecule has 3 N–H and O–H groups in total. The van der Waals surface area contributed by atoms with Crippen molar-refractivity contribution in [1.29, 1.82) is 0 Å². The molecule has 0 saturated heterocycles. The zero-order chi connectivity index (χ0) is 53.6. The molecule has 0 aromatic rings. The van der Waals surface area contributed by atoms with Crippen molar-refractivity contribution < 1.29 is 24.5 Å². The van der Waals surface area contributed by atoms with Crippen molar-refractivity contribution in [2.24, 2.45) is 0 Å². The summed E-state index contributed by atoms with van der Waals surface area (Å²) < 4.78 is 5.51. The third kappa shape index (κ3) is 60.1. The molecular weight excluding hydrogens is 911 g/mol. The van der Waals surface area contributed by atoms with Crippen molar-refractivity contribution in [3.63, 3.8) is 0 Å². The second-order valence-electron chi connectivity index (χ2n) is 23.9. The first-order valence-corrected chi connectivity index (χ1v) is 34.3. The summed E-state index contributed by atoms with van der Waals surface area (Å²) in [5, 5.41) is 23.4. The van der Waals surface area contributed by atoms with Crippen molar-refractivity contribution in [3.8, 4) is 0 Å². The molecule has 0 aromatic carbocycles. The summed E-state index contributed by atoms with van der Waals surface area (Å²) in [6, 6.07) is -0.547. The highest BCUT2D eigenvalue weighted by Gasteiger charge is 2.20. The molecule has 0 saturated carbocycles. The summed E-state index contributed by atoms with van der Waals surface area (Å²) in [5.41, 5.74) is 0. The molecule has 2 unspecified atom stereocenters. The molecule has 442 valence electrons. The summed E-state index contributed by atoms with van der Waals surface area (Å²) in [5.74, 6) is -0.0263. The van der Waals surface area contributed by atoms with Crippen LogP contribution in [0.5, 0.6) is 0 Å². The van der Waals surface area contributed by atoms with Crippen LogP contribution in [0.25, 0.3) is 0 Å². The molecule has 0 aliphatic rings. The third-order valence-corrected chi connectivity index (χ3v) is 16.4. The van der Waals surface area contributed by atoms with Crippen molar-refractivity contribution >= 4 is 11.9 Å². The molecule has 0 aliphatic carbocycles. The number of aliphatic hydroxyl groups is 2. The number of hydrogen-bond donors (Lipinski definition) is 3. The quantitative estimate of drug-likeness (QED) is 0.0417. The Kier molecular flexibility index (Phi) is 63.4. The maximum atomic E-state index is 12.5. The van der Waals surface area contributed by atoms with Gasteiger partial charge < -0.3 is 20.3 Å². The SMILES string of the molecule is CCCCCCCCCCCCCCCCCCCCCCCCC(O)C(CO)NC(=O)CCCCCCCCCCCCCCCCCCOC(=O)CCCCCCCCCCCCCCCCCCCCC. The largest absolute Gasteiger partial charge is 0.466 e. The van der Waals surface area contributed by atoms with E-state index in [9.17, 15) is 19.8 Å². The minimum atomic E-state index is -0.669. The zero-order valence-corrected chi connectivity index (χ0v) is 50.6. The zero-order valence-electron chi connectivity index (χ0n) is 50.6. The van der Waals surface area contributed by atoms with Crippen LogP contribution >= 0.6 is 0 Å². The summed E-state index contributed by atoms with van der Waals surface area (Å²) in [7, 11) is 0. The third-order valence-electron chi connectivity index (χ3n) is 16.4. The lowest BCUT2D eigenvalue weighted by molar-refractivity contribution is -0.143. The van der Waals surface area contributed by atoms with Crippen molar-refractivity contribution in [1.82, 2.24) is 5.32 Å². The van der Waals surface area contributed by atoms with Gasteiger partial charge in [-0.15, -0.1) is 0 Å². The molecule has 0 aliphatic heterocycles. The second kappa shape index (κ2) is 64.4. The van der Waals surface area contributed by atoms with Crippen LogP contribution in [0.1, 0.15) is 399 Å². The Morgan fingerprint density at radius 2 is 0.554 bits per heavy atom. The molecule has 0 spiro atoms. The smallest absolute Gasteiger partial charge is 0.305 e. The Morgan fingerprint density at radius 1 is 0.324 bits per heavy atom. The lowest BCUT2D eigenvalue weighted by atomic mass is 10.0. The normalized spacial score (nSPS) is 12.4. The van der Waals surface area contributed by atoms with E-state index in [-0.39, 0.29) is 18.5 Å². The maximum Gasteiger partial charge on any atom is 0.305 e. The van der Waals surface area contributed by atoms with Gasteiger partial charge in [0.05, 0.1) is 25.4 Å². The van der Waals surface area contributed by atoms with Gasteiger partial charge in [0, 0.05) is 12.8 Å². The number of nitrogens with one attached hydrogen (secondary N) is 1. The van der Waals surface area contributed by atoms with Crippen molar-refractivity contribution in [2.45, 2.75) is 411 Å². The first-order chi connectivity index (χ1) is 36.5. The van der Waals surface area contributed by atoms with E-state index in [0.717, 1.165) is 38.5 Å². The molecule has 1 amide bonds. The van der Waals surface area contributed by atoms with Crippen LogP contribution in [-0.4, -0.2) is 47.4 Å². The van der Waals surface area contributed by atoms with Gasteiger partial charge in [0.1, 0.15) is 0 Å². The first-order valence-electron chi connectivity index (χ1n) is 34.3. The minimum absolute atomic E-state index is 0.00978. The van der Waals surface area contributed by atoms with Gasteiger partial charge in [0.25, 0.3) is 0 Å². The summed E-state index contributed by atoms with van der Waals surface area (Å²) in [4.78, 5) is 24.7. The summed E-state index contributed by atoms with van der Waals surface area (Å²) in [6.07, 6.45) is 77.0. The van der Waals surface area contributed by atoms with Gasteiger partial charge in [-0.25, -0.2) is 0 Å². The van der Waals surface area contributed by atoms with Crippen LogP contribution in [0.2, 0.25) is 0 Å². The standard InChI is InChI=1S/C68H135NO5/c1-3-5-7-9-11-13-15-17-19-21-23-24-25-27-28-32-36-40-44-48-52-56-60-66(71)65(64-70)69-67(72)61-57-53-49-45-41-37-33-30-31-35-39-43-47-51-55-59-63-74-68(73)62-58-54-50-46-42-38-34-29-26-22-20-18-16-14-12-10-8-6-4-2/h65-66,70-71H,3-64H2,1-2H3,(H,69,72). The molecule has 0 heterocycles. The molecule has 0 fully saturated rings. The number of unbranched alkanes of at least 4 members (excludes halogenated alkanes) is 54. The lowest BCUT2D eigenvalue weighted by Gasteiger charge is -2.22. The highest BCUT2D eigenvalue weighted by atomic mass is 16.5. The van der Waals surface area contributed by atoms with E-state index in [1.807, 2.05) is 0 Å². The number of hydrogen-bond acceptors (Lipinski definition) is 5. The Morgan fingerprint density at radius 3 is 0.824 bits per heavy atom. The van der Waals surface area contributed by atoms with Gasteiger partial charge in [-0.2, -0.15) is 0 Å². The van der Waals surface area contributed by atoms with Gasteiger partial charge in [0.15, 0.2) is 0 Å². The molecule has 6 nitrogen and oxygen atoms in total. The average Bonchev–Trinajstić information content (AvgIpc) is 3.40. The predicted octanol–water partition coefficient (Wildman–Crippen LogP) is 21.8. The molecule has 0 rings (SSSR count). The first kappa shape index (κ1) is 72.9. The van der Waals surface area contributed by atoms with Gasteiger partial charge in [-0.1, -0.05) is 361 Å². The molecule has 0 aromatic heterocycles. The van der Waals surface area contributed by atoms with Gasteiger partial charge in [0.2, 0.25) is 5.91 Å². The van der Waals surface area contributed by atoms with Gasteiger partial charge in [-0.3, -0.25) is 9.59 Å². The average molecular weight is 1050 g/mol. The summed E-state index contributed by atoms with van der Waals surface area (Å²) in [6.45, 7) is 4.99. The van der Waals surface area contributed by atoms with E-state index < -0.39 is 12.1 Å². The molecule has 74 heavy (non-hydrogen) atoms. The van der Waals surface area contributed by atoms with E-state index in [1.165, 1.54) is 327 Å². The highest BCUT2D eigenvalue weighted by molar-refractivity contribution is 5.76. The van der Waals surface area contributed by atoms with Crippen LogP contribution in [0.15, 0.2) is 0 Å². The van der Waals surface area contributed by atoms with Crippen molar-refractivity contribution in [2.75, 3.05) is 13.2 Å². The van der Waals surface area contributed by atoms with E-state index in [2.05, 4.69) is 19.2 Å². The number of esters is 1. The van der Waals surface area contributed by atoms with Crippen molar-refractivity contribution in [3.05, 3.63) is 0 Å². The number of rotatable bonds is 65. The second-order valence-corrected chi connectivity index (χ2v) is 23.9. The van der Waals surface area contributed by atoms with Gasteiger partial charge >= 0.3 is 5.97 Å². The van der Waals surface area contributed by atoms with Crippen LogP contribution < -0.4 is 5.32 Å². The van der Waals surface area contributed by atoms with Gasteiger partial charge in [-0.05, 0) is 25.7 Å². The number of amides is 1. The Bertz CT molecular complexity index is 1070. The molecular formula is C68H135NO5. The topological polar surface area (TPSA) is 95.9 Å². The molecule has 2 atom stereocenters. The van der Waals surface area contributed by atoms with Crippen LogP contribution in [0.3, 0.4) is 0 Å². The summed E-state index contributed by atoms with van der Waals surface area (Å²) >= 11 is 0. The van der Waals surface area contributed by atoms with Crippen LogP contribution in [-0.2, 0) is 14.3 Å². The van der Waals surface area contributed by atoms with E-state index in [1.54, 1.807) is 0 Å².